The second-order valence-corrected chi connectivity index (χ2v) is 5.51. The Balaban J connectivity index is 2.64. The number of methoxy groups -OCH3 is 1. The number of anilines is 2. The van der Waals surface area contributed by atoms with Gasteiger partial charge in [0.15, 0.2) is 0 Å². The molecule has 0 spiro atoms. The number of ether oxygens (including phenoxy) is 2. The number of nitrogens with two attached hydrogens (primary N) is 1. The molecule has 1 aromatic carbocycles. The maximum Gasteiger partial charge on any atom is 0.144 e. The smallest absolute Gasteiger partial charge is 0.144 e. The first-order chi connectivity index (χ1) is 9.34. The predicted octanol–water partition coefficient (Wildman–Crippen LogP) is 2.26. The lowest BCUT2D eigenvalue weighted by atomic mass is 10.0. The van der Waals surface area contributed by atoms with Crippen molar-refractivity contribution < 1.29 is 14.6 Å². The fourth-order valence-corrected chi connectivity index (χ4v) is 1.70. The summed E-state index contributed by atoms with van der Waals surface area (Å²) >= 11 is 0. The van der Waals surface area contributed by atoms with Gasteiger partial charge in [-0.25, -0.2) is 0 Å². The normalized spacial score (nSPS) is 14.1. The number of rotatable bonds is 8. The Morgan fingerprint density at radius 2 is 2.10 bits per heavy atom. The molecule has 5 nitrogen and oxygen atoms in total. The molecule has 4 N–H and O–H groups in total. The van der Waals surface area contributed by atoms with Crippen LogP contribution in [0.15, 0.2) is 18.2 Å². The Morgan fingerprint density at radius 3 is 2.70 bits per heavy atom. The summed E-state index contributed by atoms with van der Waals surface area (Å²) in [6.07, 6.45) is 0.637. The zero-order chi connectivity index (χ0) is 15.2. The molecule has 0 heterocycles. The Bertz CT molecular complexity index is 420. The van der Waals surface area contributed by atoms with Crippen LogP contribution in [-0.4, -0.2) is 37.1 Å². The van der Waals surface area contributed by atoms with Gasteiger partial charge in [0.05, 0.1) is 17.4 Å². The molecule has 0 aliphatic heterocycles. The number of benzene rings is 1. The second kappa shape index (κ2) is 7.36. The molecule has 20 heavy (non-hydrogen) atoms. The van der Waals surface area contributed by atoms with Crippen LogP contribution in [0.1, 0.15) is 27.2 Å². The van der Waals surface area contributed by atoms with Crippen LogP contribution in [0.25, 0.3) is 0 Å². The summed E-state index contributed by atoms with van der Waals surface area (Å²) in [7, 11) is 1.62. The van der Waals surface area contributed by atoms with Gasteiger partial charge in [-0.2, -0.15) is 0 Å². The van der Waals surface area contributed by atoms with E-state index in [1.165, 1.54) is 0 Å². The summed E-state index contributed by atoms with van der Waals surface area (Å²) in [5.74, 6) is 0.654. The minimum Gasteiger partial charge on any atom is -0.489 e. The van der Waals surface area contributed by atoms with E-state index < -0.39 is 5.60 Å². The van der Waals surface area contributed by atoms with Crippen molar-refractivity contribution >= 4 is 11.4 Å². The first-order valence-corrected chi connectivity index (χ1v) is 6.85. The van der Waals surface area contributed by atoms with E-state index >= 15 is 0 Å². The van der Waals surface area contributed by atoms with Crippen LogP contribution in [0.4, 0.5) is 11.4 Å². The molecule has 114 valence electrons. The second-order valence-electron chi connectivity index (χ2n) is 5.51. The number of aliphatic hydroxyl groups is 1. The molecule has 1 aromatic rings. The van der Waals surface area contributed by atoms with Crippen molar-refractivity contribution in [2.45, 2.75) is 38.9 Å². The van der Waals surface area contributed by atoms with Gasteiger partial charge >= 0.3 is 0 Å². The highest BCUT2D eigenvalue weighted by Gasteiger charge is 2.19. The molecule has 0 fully saturated rings. The van der Waals surface area contributed by atoms with Crippen molar-refractivity contribution in [3.63, 3.8) is 0 Å². The molecule has 0 aliphatic carbocycles. The molecule has 0 aromatic heterocycles. The van der Waals surface area contributed by atoms with Crippen molar-refractivity contribution in [2.75, 3.05) is 31.3 Å². The van der Waals surface area contributed by atoms with E-state index in [0.717, 1.165) is 5.69 Å². The van der Waals surface area contributed by atoms with E-state index in [4.69, 9.17) is 15.2 Å². The number of nitrogens with one attached hydrogen (secondary N) is 1. The van der Waals surface area contributed by atoms with Crippen LogP contribution in [0.5, 0.6) is 5.75 Å². The van der Waals surface area contributed by atoms with E-state index in [0.29, 0.717) is 31.0 Å². The van der Waals surface area contributed by atoms with Crippen molar-refractivity contribution in [3.8, 4) is 5.75 Å². The Morgan fingerprint density at radius 1 is 1.40 bits per heavy atom. The van der Waals surface area contributed by atoms with Crippen LogP contribution < -0.4 is 15.8 Å². The van der Waals surface area contributed by atoms with Crippen LogP contribution in [0.3, 0.4) is 0 Å². The number of nitrogen functional groups attached to an aromatic ring is 1. The first-order valence-electron chi connectivity index (χ1n) is 6.85. The summed E-state index contributed by atoms with van der Waals surface area (Å²) < 4.78 is 10.6. The lowest BCUT2D eigenvalue weighted by molar-refractivity contribution is 0.0357. The minimum absolute atomic E-state index is 0.0670. The Labute approximate surface area is 121 Å². The molecule has 1 unspecified atom stereocenters. The molecule has 0 amide bonds. The fourth-order valence-electron chi connectivity index (χ4n) is 1.70. The lowest BCUT2D eigenvalue weighted by Crippen LogP contribution is -2.34. The van der Waals surface area contributed by atoms with Gasteiger partial charge in [-0.3, -0.25) is 0 Å². The van der Waals surface area contributed by atoms with E-state index in [1.54, 1.807) is 20.1 Å². The summed E-state index contributed by atoms with van der Waals surface area (Å²) in [4.78, 5) is 0. The third-order valence-corrected chi connectivity index (χ3v) is 2.89. The van der Waals surface area contributed by atoms with Gasteiger partial charge in [0.1, 0.15) is 5.75 Å². The van der Waals surface area contributed by atoms with Gasteiger partial charge in [0.25, 0.3) is 0 Å². The lowest BCUT2D eigenvalue weighted by Gasteiger charge is -2.24. The van der Waals surface area contributed by atoms with Crippen LogP contribution >= 0.6 is 0 Å². The molecule has 0 saturated carbocycles. The van der Waals surface area contributed by atoms with Crippen molar-refractivity contribution in [1.29, 1.82) is 0 Å². The van der Waals surface area contributed by atoms with Crippen LogP contribution in [-0.2, 0) is 4.74 Å². The fraction of sp³-hybridized carbons (Fsp3) is 0.600. The van der Waals surface area contributed by atoms with Crippen molar-refractivity contribution in [3.05, 3.63) is 18.2 Å². The van der Waals surface area contributed by atoms with Gasteiger partial charge in [-0.1, -0.05) is 0 Å². The molecule has 0 bridgehead atoms. The summed E-state index contributed by atoms with van der Waals surface area (Å²) in [6, 6.07) is 5.51. The highest BCUT2D eigenvalue weighted by molar-refractivity contribution is 5.61. The average Bonchev–Trinajstić information content (AvgIpc) is 2.37. The molecular formula is C15H26N2O3. The third kappa shape index (κ3) is 5.67. The molecular weight excluding hydrogens is 256 g/mol. The largest absolute Gasteiger partial charge is 0.489 e. The monoisotopic (exact) mass is 282 g/mol. The van der Waals surface area contributed by atoms with Gasteiger partial charge in [0, 0.05) is 38.4 Å². The minimum atomic E-state index is -0.823. The standard InChI is InChI=1S/C15H26N2O3/c1-11(2)20-14-9-12(5-6-13(14)16)17-10-15(3,18)7-8-19-4/h5-6,9,11,17-18H,7-8,10,16H2,1-4H3. The third-order valence-electron chi connectivity index (χ3n) is 2.89. The first kappa shape index (κ1) is 16.6. The molecule has 5 heteroatoms. The predicted molar refractivity (Wildman–Crippen MR) is 82.2 cm³/mol. The van der Waals surface area contributed by atoms with Crippen molar-refractivity contribution in [1.82, 2.24) is 0 Å². The number of hydrogen-bond donors (Lipinski definition) is 3. The van der Waals surface area contributed by atoms with E-state index in [2.05, 4.69) is 5.32 Å². The summed E-state index contributed by atoms with van der Waals surface area (Å²) in [6.45, 7) is 6.64. The molecule has 0 saturated heterocycles. The Kier molecular flexibility index (Phi) is 6.10. The quantitative estimate of drug-likeness (QED) is 0.638. The number of hydrogen-bond acceptors (Lipinski definition) is 5. The Hall–Kier alpha value is -1.46. The van der Waals surface area contributed by atoms with E-state index in [-0.39, 0.29) is 6.10 Å². The maximum absolute atomic E-state index is 10.2. The van der Waals surface area contributed by atoms with Crippen LogP contribution in [0.2, 0.25) is 0 Å². The topological polar surface area (TPSA) is 76.7 Å². The summed E-state index contributed by atoms with van der Waals surface area (Å²) in [5, 5.41) is 13.4. The molecule has 0 radical (unpaired) electrons. The van der Waals surface area contributed by atoms with E-state index in [1.807, 2.05) is 26.0 Å². The van der Waals surface area contributed by atoms with E-state index in [9.17, 15) is 5.11 Å². The van der Waals surface area contributed by atoms with Crippen LogP contribution in [0, 0.1) is 0 Å². The highest BCUT2D eigenvalue weighted by Crippen LogP contribution is 2.27. The van der Waals surface area contributed by atoms with Crippen molar-refractivity contribution in [2.24, 2.45) is 0 Å². The zero-order valence-electron chi connectivity index (χ0n) is 12.8. The average molecular weight is 282 g/mol. The van der Waals surface area contributed by atoms with Gasteiger partial charge < -0.3 is 25.6 Å². The summed E-state index contributed by atoms with van der Waals surface area (Å²) in [5.41, 5.74) is 6.52. The van der Waals surface area contributed by atoms with Gasteiger partial charge in [-0.15, -0.1) is 0 Å². The van der Waals surface area contributed by atoms with Gasteiger partial charge in [-0.05, 0) is 32.9 Å². The zero-order valence-corrected chi connectivity index (χ0v) is 12.8. The molecule has 1 rings (SSSR count). The van der Waals surface area contributed by atoms with Gasteiger partial charge in [0.2, 0.25) is 0 Å². The highest BCUT2D eigenvalue weighted by atomic mass is 16.5. The molecule has 1 atom stereocenters. The SMILES string of the molecule is COCCC(C)(O)CNc1ccc(N)c(OC(C)C)c1. The molecule has 0 aliphatic rings. The maximum atomic E-state index is 10.2.